The largest absolute Gasteiger partial charge is 0.412 e. The quantitative estimate of drug-likeness (QED) is 0.889. The molecule has 0 aromatic heterocycles. The second-order valence-corrected chi connectivity index (χ2v) is 5.45. The van der Waals surface area contributed by atoms with Crippen LogP contribution in [0.3, 0.4) is 0 Å². The highest BCUT2D eigenvalue weighted by Gasteiger charge is 2.41. The van der Waals surface area contributed by atoms with Crippen molar-refractivity contribution in [2.45, 2.75) is 25.1 Å². The summed E-state index contributed by atoms with van der Waals surface area (Å²) >= 11 is 0. The number of alkyl halides is 3. The molecule has 0 saturated carbocycles. The highest BCUT2D eigenvalue weighted by molar-refractivity contribution is 5.84. The van der Waals surface area contributed by atoms with Crippen LogP contribution in [-0.4, -0.2) is 49.2 Å². The van der Waals surface area contributed by atoms with Crippen molar-refractivity contribution in [3.8, 4) is 0 Å². The second-order valence-electron chi connectivity index (χ2n) is 5.45. The summed E-state index contributed by atoms with van der Waals surface area (Å²) in [4.78, 5) is 25.3. The standard InChI is InChI=1S/C16H19F3N2O3/c17-16(18,19)15(12-4-2-1-3-5-12)20-13(22)6-7-14(23)21-8-10-24-11-9-21/h1-5,15H,6-11H2,(H,20,22)/t15-/m0/s1. The molecule has 1 heterocycles. The first-order valence-electron chi connectivity index (χ1n) is 7.64. The van der Waals surface area contributed by atoms with Crippen LogP contribution in [-0.2, 0) is 14.3 Å². The van der Waals surface area contributed by atoms with Crippen LogP contribution in [0.4, 0.5) is 13.2 Å². The van der Waals surface area contributed by atoms with Crippen molar-refractivity contribution in [2.75, 3.05) is 26.3 Å². The van der Waals surface area contributed by atoms with E-state index in [-0.39, 0.29) is 24.3 Å². The van der Waals surface area contributed by atoms with Gasteiger partial charge >= 0.3 is 6.18 Å². The first-order chi connectivity index (χ1) is 11.4. The Morgan fingerprint density at radius 3 is 2.33 bits per heavy atom. The molecule has 1 aliphatic heterocycles. The topological polar surface area (TPSA) is 58.6 Å². The molecule has 24 heavy (non-hydrogen) atoms. The van der Waals surface area contributed by atoms with Gasteiger partial charge in [0, 0.05) is 25.9 Å². The highest BCUT2D eigenvalue weighted by atomic mass is 19.4. The number of carbonyl (C=O) groups excluding carboxylic acids is 2. The maximum absolute atomic E-state index is 13.2. The molecule has 1 saturated heterocycles. The average molecular weight is 344 g/mol. The van der Waals surface area contributed by atoms with Gasteiger partial charge in [0.2, 0.25) is 11.8 Å². The van der Waals surface area contributed by atoms with Gasteiger partial charge in [-0.15, -0.1) is 0 Å². The summed E-state index contributed by atoms with van der Waals surface area (Å²) in [6.07, 6.45) is -5.01. The summed E-state index contributed by atoms with van der Waals surface area (Å²) in [6.45, 7) is 1.75. The lowest BCUT2D eigenvalue weighted by Crippen LogP contribution is -2.42. The van der Waals surface area contributed by atoms with Gasteiger partial charge in [-0.1, -0.05) is 30.3 Å². The average Bonchev–Trinajstić information content (AvgIpc) is 2.58. The Kier molecular flexibility index (Phi) is 6.19. The molecule has 0 unspecified atom stereocenters. The van der Waals surface area contributed by atoms with Crippen LogP contribution >= 0.6 is 0 Å². The Balaban J connectivity index is 1.90. The molecule has 2 rings (SSSR count). The van der Waals surface area contributed by atoms with Crippen molar-refractivity contribution in [1.82, 2.24) is 10.2 Å². The Hall–Kier alpha value is -2.09. The smallest absolute Gasteiger partial charge is 0.378 e. The first kappa shape index (κ1) is 18.3. The number of halogens is 3. The molecule has 1 N–H and O–H groups in total. The third-order valence-electron chi connectivity index (χ3n) is 3.70. The lowest BCUT2D eigenvalue weighted by Gasteiger charge is -2.27. The van der Waals surface area contributed by atoms with Crippen molar-refractivity contribution >= 4 is 11.8 Å². The lowest BCUT2D eigenvalue weighted by atomic mass is 10.1. The Morgan fingerprint density at radius 1 is 1.12 bits per heavy atom. The predicted molar refractivity (Wildman–Crippen MR) is 80.0 cm³/mol. The number of benzene rings is 1. The maximum Gasteiger partial charge on any atom is 0.412 e. The molecular formula is C16H19F3N2O3. The monoisotopic (exact) mass is 344 g/mol. The van der Waals surface area contributed by atoms with Gasteiger partial charge in [-0.05, 0) is 5.56 Å². The Morgan fingerprint density at radius 2 is 1.75 bits per heavy atom. The van der Waals surface area contributed by atoms with Crippen LogP contribution in [0.1, 0.15) is 24.4 Å². The van der Waals surface area contributed by atoms with Gasteiger partial charge in [0.15, 0.2) is 6.04 Å². The van der Waals surface area contributed by atoms with Crippen LogP contribution in [0.5, 0.6) is 0 Å². The molecule has 0 radical (unpaired) electrons. The van der Waals surface area contributed by atoms with Crippen LogP contribution in [0, 0.1) is 0 Å². The normalized spacial score (nSPS) is 16.5. The minimum Gasteiger partial charge on any atom is -0.378 e. The molecule has 132 valence electrons. The highest BCUT2D eigenvalue weighted by Crippen LogP contribution is 2.32. The molecule has 5 nitrogen and oxygen atoms in total. The number of morpholine rings is 1. The molecule has 0 bridgehead atoms. The summed E-state index contributed by atoms with van der Waals surface area (Å²) in [6, 6.07) is 5.07. The van der Waals surface area contributed by atoms with Gasteiger partial charge in [-0.2, -0.15) is 13.2 Å². The second kappa shape index (κ2) is 8.14. The number of amides is 2. The van der Waals surface area contributed by atoms with E-state index in [1.165, 1.54) is 24.3 Å². The predicted octanol–water partition coefficient (Wildman–Crippen LogP) is 2.05. The van der Waals surface area contributed by atoms with E-state index in [1.54, 1.807) is 11.0 Å². The molecule has 2 amide bonds. The van der Waals surface area contributed by atoms with Gasteiger partial charge in [0.05, 0.1) is 13.2 Å². The fourth-order valence-electron chi connectivity index (χ4n) is 2.42. The third-order valence-corrected chi connectivity index (χ3v) is 3.70. The van der Waals surface area contributed by atoms with E-state index < -0.39 is 18.1 Å². The van der Waals surface area contributed by atoms with Crippen LogP contribution in [0.2, 0.25) is 0 Å². The van der Waals surface area contributed by atoms with Gasteiger partial charge in [-0.3, -0.25) is 9.59 Å². The zero-order valence-corrected chi connectivity index (χ0v) is 13.0. The van der Waals surface area contributed by atoms with Gasteiger partial charge in [0.25, 0.3) is 0 Å². The van der Waals surface area contributed by atoms with Crippen LogP contribution in [0.25, 0.3) is 0 Å². The molecule has 8 heteroatoms. The molecular weight excluding hydrogens is 325 g/mol. The molecule has 1 aliphatic rings. The van der Waals surface area contributed by atoms with Gasteiger partial charge < -0.3 is 15.0 Å². The Labute approximate surface area is 137 Å². The summed E-state index contributed by atoms with van der Waals surface area (Å²) in [7, 11) is 0. The number of hydrogen-bond donors (Lipinski definition) is 1. The number of rotatable bonds is 5. The molecule has 1 aromatic carbocycles. The minimum atomic E-state index is -4.61. The van der Waals surface area contributed by atoms with Crippen LogP contribution < -0.4 is 5.32 Å². The fourth-order valence-corrected chi connectivity index (χ4v) is 2.42. The van der Waals surface area contributed by atoms with Crippen molar-refractivity contribution in [3.05, 3.63) is 35.9 Å². The van der Waals surface area contributed by atoms with E-state index in [0.29, 0.717) is 26.3 Å². The SMILES string of the molecule is O=C(CCC(=O)N1CCOCC1)N[C@@H](c1ccccc1)C(F)(F)F. The Bertz CT molecular complexity index is 557. The number of hydrogen-bond acceptors (Lipinski definition) is 3. The van der Waals surface area contributed by atoms with Crippen molar-refractivity contribution in [3.63, 3.8) is 0 Å². The molecule has 1 fully saturated rings. The molecule has 1 aromatic rings. The van der Waals surface area contributed by atoms with E-state index in [0.717, 1.165) is 0 Å². The minimum absolute atomic E-state index is 0.0437. The number of carbonyl (C=O) groups is 2. The van der Waals surface area contributed by atoms with Crippen molar-refractivity contribution in [2.24, 2.45) is 0 Å². The number of nitrogens with one attached hydrogen (secondary N) is 1. The number of ether oxygens (including phenoxy) is 1. The van der Waals surface area contributed by atoms with E-state index in [1.807, 2.05) is 5.32 Å². The molecule has 1 atom stereocenters. The number of nitrogens with zero attached hydrogens (tertiary/aromatic N) is 1. The van der Waals surface area contributed by atoms with Crippen LogP contribution in [0.15, 0.2) is 30.3 Å². The van der Waals surface area contributed by atoms with E-state index >= 15 is 0 Å². The summed E-state index contributed by atoms with van der Waals surface area (Å²) < 4.78 is 44.6. The van der Waals surface area contributed by atoms with E-state index in [9.17, 15) is 22.8 Å². The zero-order valence-electron chi connectivity index (χ0n) is 13.0. The van der Waals surface area contributed by atoms with Crippen molar-refractivity contribution in [1.29, 1.82) is 0 Å². The lowest BCUT2D eigenvalue weighted by molar-refractivity contribution is -0.163. The van der Waals surface area contributed by atoms with E-state index in [2.05, 4.69) is 0 Å². The first-order valence-corrected chi connectivity index (χ1v) is 7.64. The molecule has 0 aliphatic carbocycles. The maximum atomic E-state index is 13.2. The van der Waals surface area contributed by atoms with Crippen molar-refractivity contribution < 1.29 is 27.5 Å². The zero-order chi connectivity index (χ0) is 17.6. The molecule has 0 spiro atoms. The summed E-state index contributed by atoms with van der Waals surface area (Å²) in [5.74, 6) is -1.06. The van der Waals surface area contributed by atoms with E-state index in [4.69, 9.17) is 4.74 Å². The van der Waals surface area contributed by atoms with Gasteiger partial charge in [0.1, 0.15) is 0 Å². The van der Waals surface area contributed by atoms with Gasteiger partial charge in [-0.25, -0.2) is 0 Å². The summed E-state index contributed by atoms with van der Waals surface area (Å²) in [5.41, 5.74) is -0.0437. The third kappa shape index (κ3) is 5.23. The fraction of sp³-hybridized carbons (Fsp3) is 0.500. The summed E-state index contributed by atoms with van der Waals surface area (Å²) in [5, 5.41) is 1.97.